The molecule has 0 spiro atoms. The second-order valence-corrected chi connectivity index (χ2v) is 9.15. The van der Waals surface area contributed by atoms with Crippen LogP contribution in [-0.4, -0.2) is 32.5 Å². The van der Waals surface area contributed by atoms with Crippen molar-refractivity contribution in [1.82, 2.24) is 15.0 Å². The molecule has 0 radical (unpaired) electrons. The fourth-order valence-electron chi connectivity index (χ4n) is 2.87. The third-order valence-electron chi connectivity index (χ3n) is 4.29. The molecule has 1 atom stereocenters. The molecule has 5 nitrogen and oxygen atoms in total. The zero-order valence-electron chi connectivity index (χ0n) is 15.3. The molecule has 0 aliphatic rings. The summed E-state index contributed by atoms with van der Waals surface area (Å²) in [5, 5.41) is 4.90. The Morgan fingerprint density at radius 2 is 1.89 bits per heavy atom. The van der Waals surface area contributed by atoms with Crippen molar-refractivity contribution < 1.29 is 12.8 Å². The van der Waals surface area contributed by atoms with E-state index in [2.05, 4.69) is 31.0 Å². The quantitative estimate of drug-likeness (QED) is 0.498. The fraction of sp³-hybridized carbons (Fsp3) is 0.250. The minimum atomic E-state index is -3.67. The van der Waals surface area contributed by atoms with Gasteiger partial charge in [-0.05, 0) is 77.1 Å². The Bertz CT molecular complexity index is 1060. The first-order chi connectivity index (χ1) is 13.3. The van der Waals surface area contributed by atoms with Crippen molar-refractivity contribution in [3.63, 3.8) is 0 Å². The van der Waals surface area contributed by atoms with Crippen LogP contribution in [0.1, 0.15) is 12.5 Å². The molecule has 1 unspecified atom stereocenters. The summed E-state index contributed by atoms with van der Waals surface area (Å²) in [4.78, 5) is 4.25. The minimum Gasteiger partial charge on any atom is -0.315 e. The van der Waals surface area contributed by atoms with Gasteiger partial charge in [-0.25, -0.2) is 17.5 Å². The van der Waals surface area contributed by atoms with E-state index in [1.54, 1.807) is 49.6 Å². The number of benzene rings is 2. The maximum absolute atomic E-state index is 12.9. The van der Waals surface area contributed by atoms with Crippen LogP contribution in [0, 0.1) is 5.82 Å². The smallest absolute Gasteiger partial charge is 0.241 e. The summed E-state index contributed by atoms with van der Waals surface area (Å²) in [5.74, 6) is -0.254. The van der Waals surface area contributed by atoms with Crippen molar-refractivity contribution in [3.8, 4) is 0 Å². The summed E-state index contributed by atoms with van der Waals surface area (Å²) in [6.07, 6.45) is 4.06. The zero-order chi connectivity index (χ0) is 20.1. The van der Waals surface area contributed by atoms with E-state index in [0.717, 1.165) is 22.8 Å². The van der Waals surface area contributed by atoms with Gasteiger partial charge < -0.3 is 5.32 Å². The van der Waals surface area contributed by atoms with Gasteiger partial charge >= 0.3 is 0 Å². The van der Waals surface area contributed by atoms with Crippen LogP contribution in [0.15, 0.2) is 64.2 Å². The first-order valence-corrected chi connectivity index (χ1v) is 11.1. The molecule has 0 amide bonds. The van der Waals surface area contributed by atoms with E-state index in [1.165, 1.54) is 12.1 Å². The van der Waals surface area contributed by atoms with Gasteiger partial charge in [-0.3, -0.25) is 4.98 Å². The third-order valence-corrected chi connectivity index (χ3v) is 6.84. The second kappa shape index (κ2) is 9.09. The molecular formula is C20H21BrFN3O2S. The van der Waals surface area contributed by atoms with Gasteiger partial charge in [-0.1, -0.05) is 12.1 Å². The molecule has 0 saturated carbocycles. The largest absolute Gasteiger partial charge is 0.315 e. The number of sulfonamides is 1. The number of rotatable bonds is 8. The number of hydrogen-bond donors (Lipinski definition) is 2. The van der Waals surface area contributed by atoms with E-state index >= 15 is 0 Å². The maximum atomic E-state index is 12.9. The van der Waals surface area contributed by atoms with Crippen molar-refractivity contribution >= 4 is 36.7 Å². The van der Waals surface area contributed by atoms with E-state index < -0.39 is 10.0 Å². The predicted molar refractivity (Wildman–Crippen MR) is 112 cm³/mol. The lowest BCUT2D eigenvalue weighted by Gasteiger charge is -2.16. The number of nitrogens with one attached hydrogen (secondary N) is 2. The number of aromatic nitrogens is 1. The Hall–Kier alpha value is -1.87. The molecule has 2 aromatic carbocycles. The summed E-state index contributed by atoms with van der Waals surface area (Å²) < 4.78 is 41.6. The van der Waals surface area contributed by atoms with Crippen molar-refractivity contribution in [2.24, 2.45) is 0 Å². The Morgan fingerprint density at radius 1 is 1.14 bits per heavy atom. The topological polar surface area (TPSA) is 71.1 Å². The van der Waals surface area contributed by atoms with Crippen molar-refractivity contribution in [3.05, 3.63) is 70.7 Å². The van der Waals surface area contributed by atoms with Gasteiger partial charge in [0.1, 0.15) is 5.82 Å². The van der Waals surface area contributed by atoms with Gasteiger partial charge in [0.05, 0.1) is 4.90 Å². The van der Waals surface area contributed by atoms with Gasteiger partial charge in [-0.2, -0.15) is 0 Å². The van der Waals surface area contributed by atoms with Gasteiger partial charge in [0, 0.05) is 34.8 Å². The lowest BCUT2D eigenvalue weighted by molar-refractivity contribution is 0.537. The van der Waals surface area contributed by atoms with Crippen molar-refractivity contribution in [2.45, 2.75) is 24.3 Å². The first kappa shape index (κ1) is 20.9. The molecule has 148 valence electrons. The van der Waals surface area contributed by atoms with E-state index in [4.69, 9.17) is 0 Å². The molecule has 1 aromatic heterocycles. The van der Waals surface area contributed by atoms with Gasteiger partial charge in [0.15, 0.2) is 0 Å². The summed E-state index contributed by atoms with van der Waals surface area (Å²) >= 11 is 3.35. The SMILES string of the molecule is CC(CNCCc1ccc(F)cc1)NS(=O)(=O)c1cc2ccncc2cc1Br. The summed E-state index contributed by atoms with van der Waals surface area (Å²) in [6.45, 7) is 2.96. The molecule has 3 aromatic rings. The number of halogens is 2. The van der Waals surface area contributed by atoms with Crippen LogP contribution < -0.4 is 10.0 Å². The Labute approximate surface area is 172 Å². The fourth-order valence-corrected chi connectivity index (χ4v) is 5.20. The standard InChI is InChI=1S/C20H21BrFN3O2S/c1-14(12-23-8-6-15-2-4-18(22)5-3-15)25-28(26,27)20-11-16-7-9-24-13-17(16)10-19(20)21/h2-5,7,9-11,13-14,23,25H,6,8,12H2,1H3. The lowest BCUT2D eigenvalue weighted by atomic mass is 10.1. The molecule has 8 heteroatoms. The first-order valence-electron chi connectivity index (χ1n) is 8.86. The highest BCUT2D eigenvalue weighted by Gasteiger charge is 2.20. The summed E-state index contributed by atoms with van der Waals surface area (Å²) in [6, 6.07) is 11.2. The second-order valence-electron chi connectivity index (χ2n) is 6.61. The molecule has 0 saturated heterocycles. The molecule has 0 aliphatic carbocycles. The third kappa shape index (κ3) is 5.35. The molecule has 0 bridgehead atoms. The predicted octanol–water partition coefficient (Wildman–Crippen LogP) is 3.64. The Kier molecular flexibility index (Phi) is 6.77. The highest BCUT2D eigenvalue weighted by molar-refractivity contribution is 9.10. The van der Waals surface area contributed by atoms with E-state index in [9.17, 15) is 12.8 Å². The van der Waals surface area contributed by atoms with Gasteiger partial charge in [0.2, 0.25) is 10.0 Å². The van der Waals surface area contributed by atoms with Crippen LogP contribution in [0.25, 0.3) is 10.8 Å². The highest BCUT2D eigenvalue weighted by atomic mass is 79.9. The van der Waals surface area contributed by atoms with Crippen LogP contribution in [0.2, 0.25) is 0 Å². The molecule has 0 fully saturated rings. The number of nitrogens with zero attached hydrogens (tertiary/aromatic N) is 1. The van der Waals surface area contributed by atoms with Crippen LogP contribution >= 0.6 is 15.9 Å². The van der Waals surface area contributed by atoms with E-state index in [1.807, 2.05) is 0 Å². The van der Waals surface area contributed by atoms with Crippen LogP contribution in [0.4, 0.5) is 4.39 Å². The van der Waals surface area contributed by atoms with Gasteiger partial charge in [-0.15, -0.1) is 0 Å². The summed E-state index contributed by atoms with van der Waals surface area (Å²) in [5.41, 5.74) is 1.02. The highest BCUT2D eigenvalue weighted by Crippen LogP contribution is 2.27. The monoisotopic (exact) mass is 465 g/mol. The van der Waals surface area contributed by atoms with Crippen LogP contribution in [0.5, 0.6) is 0 Å². The van der Waals surface area contributed by atoms with Crippen molar-refractivity contribution in [2.75, 3.05) is 13.1 Å². The van der Waals surface area contributed by atoms with Gasteiger partial charge in [0.25, 0.3) is 0 Å². The van der Waals surface area contributed by atoms with Crippen LogP contribution in [0.3, 0.4) is 0 Å². The number of hydrogen-bond acceptors (Lipinski definition) is 4. The normalized spacial score (nSPS) is 13.0. The molecule has 2 N–H and O–H groups in total. The zero-order valence-corrected chi connectivity index (χ0v) is 17.7. The number of fused-ring (bicyclic) bond motifs is 1. The van der Waals surface area contributed by atoms with Crippen LogP contribution in [-0.2, 0) is 16.4 Å². The number of pyridine rings is 1. The summed E-state index contributed by atoms with van der Waals surface area (Å²) in [7, 11) is -3.67. The lowest BCUT2D eigenvalue weighted by Crippen LogP contribution is -2.40. The van der Waals surface area contributed by atoms with E-state index in [0.29, 0.717) is 17.6 Å². The molecule has 0 aliphatic heterocycles. The molecule has 28 heavy (non-hydrogen) atoms. The average molecular weight is 466 g/mol. The Balaban J connectivity index is 1.57. The minimum absolute atomic E-state index is 0.198. The molecular weight excluding hydrogens is 445 g/mol. The van der Waals surface area contributed by atoms with Crippen molar-refractivity contribution in [1.29, 1.82) is 0 Å². The maximum Gasteiger partial charge on any atom is 0.241 e. The Morgan fingerprint density at radius 3 is 2.64 bits per heavy atom. The molecule has 3 rings (SSSR count). The van der Waals surface area contributed by atoms with E-state index in [-0.39, 0.29) is 16.8 Å². The average Bonchev–Trinajstić information content (AvgIpc) is 2.65. The molecule has 1 heterocycles.